The van der Waals surface area contributed by atoms with E-state index in [0.29, 0.717) is 24.7 Å². The number of carbonyl (C=O) groups excluding carboxylic acids is 1. The Morgan fingerprint density at radius 3 is 2.52 bits per heavy atom. The molecule has 0 radical (unpaired) electrons. The molecule has 0 atom stereocenters. The van der Waals surface area contributed by atoms with Crippen molar-refractivity contribution in [2.75, 3.05) is 31.7 Å². The molecule has 23 heavy (non-hydrogen) atoms. The molecule has 130 valence electrons. The molecule has 0 saturated carbocycles. The Kier molecular flexibility index (Phi) is 8.91. The van der Waals surface area contributed by atoms with Crippen LogP contribution in [-0.4, -0.2) is 42.5 Å². The van der Waals surface area contributed by atoms with Crippen molar-refractivity contribution in [3.05, 3.63) is 23.3 Å². The number of alkyl halides is 1. The fourth-order valence-electron chi connectivity index (χ4n) is 2.09. The van der Waals surface area contributed by atoms with Crippen LogP contribution in [0.2, 0.25) is 0 Å². The number of likely N-dealkylation sites (N-methyl/N-ethyl adjacent to an activating group) is 1. The number of carbonyl (C=O) groups is 1. The van der Waals surface area contributed by atoms with E-state index in [-0.39, 0.29) is 5.97 Å². The summed E-state index contributed by atoms with van der Waals surface area (Å²) in [5.41, 5.74) is 2.00. The maximum atomic E-state index is 11.9. The predicted molar refractivity (Wildman–Crippen MR) is 103 cm³/mol. The van der Waals surface area contributed by atoms with E-state index in [4.69, 9.17) is 9.47 Å². The summed E-state index contributed by atoms with van der Waals surface area (Å²) >= 11 is 2.27. The maximum Gasteiger partial charge on any atom is 0.311 e. The Hall–Kier alpha value is -0.820. The molecule has 1 rings (SSSR count). The van der Waals surface area contributed by atoms with E-state index in [2.05, 4.69) is 41.3 Å². The molecule has 0 saturated heterocycles. The van der Waals surface area contributed by atoms with Gasteiger partial charge in [-0.2, -0.15) is 0 Å². The Balaban J connectivity index is 2.89. The lowest BCUT2D eigenvalue weighted by Gasteiger charge is -2.18. The summed E-state index contributed by atoms with van der Waals surface area (Å²) in [5.74, 6) is 1.66. The van der Waals surface area contributed by atoms with Crippen molar-refractivity contribution in [2.45, 2.75) is 39.5 Å². The van der Waals surface area contributed by atoms with E-state index in [1.165, 1.54) is 0 Å². The molecule has 4 nitrogen and oxygen atoms in total. The number of aryl methyl sites for hydroxylation is 1. The summed E-state index contributed by atoms with van der Waals surface area (Å²) in [5, 5.41) is 0. The molecule has 0 bridgehead atoms. The zero-order valence-electron chi connectivity index (χ0n) is 14.8. The van der Waals surface area contributed by atoms with Crippen LogP contribution in [0.3, 0.4) is 0 Å². The van der Waals surface area contributed by atoms with Gasteiger partial charge in [-0.25, -0.2) is 0 Å². The number of hydrogen-bond donors (Lipinski definition) is 0. The molecular weight excluding hydrogens is 405 g/mol. The highest BCUT2D eigenvalue weighted by molar-refractivity contribution is 14.1. The first-order valence-electron chi connectivity index (χ1n) is 8.03. The van der Waals surface area contributed by atoms with Gasteiger partial charge < -0.3 is 14.4 Å². The van der Waals surface area contributed by atoms with Crippen molar-refractivity contribution in [1.29, 1.82) is 0 Å². The fraction of sp³-hybridized carbons (Fsp3) is 0.611. The third-order valence-electron chi connectivity index (χ3n) is 3.46. The summed E-state index contributed by atoms with van der Waals surface area (Å²) in [6.07, 6.45) is 1.31. The molecule has 0 spiro atoms. The Morgan fingerprint density at radius 1 is 1.26 bits per heavy atom. The third kappa shape index (κ3) is 7.08. The molecule has 0 unspecified atom stereocenters. The summed E-state index contributed by atoms with van der Waals surface area (Å²) < 4.78 is 12.4. The monoisotopic (exact) mass is 433 g/mol. The zero-order chi connectivity index (χ0) is 17.4. The number of nitrogens with zero attached hydrogens (tertiary/aromatic N) is 1. The van der Waals surface area contributed by atoms with Crippen LogP contribution in [0, 0.1) is 6.92 Å². The van der Waals surface area contributed by atoms with Crippen LogP contribution < -0.4 is 9.47 Å². The van der Waals surface area contributed by atoms with Crippen LogP contribution in [0.25, 0.3) is 0 Å². The smallest absolute Gasteiger partial charge is 0.311 e. The van der Waals surface area contributed by atoms with E-state index in [1.807, 2.05) is 33.2 Å². The highest BCUT2D eigenvalue weighted by Gasteiger charge is 2.15. The van der Waals surface area contributed by atoms with Gasteiger partial charge in [-0.1, -0.05) is 36.4 Å². The second kappa shape index (κ2) is 10.1. The van der Waals surface area contributed by atoms with E-state index >= 15 is 0 Å². The average Bonchev–Trinajstić information content (AvgIpc) is 2.47. The number of benzene rings is 1. The van der Waals surface area contributed by atoms with E-state index in [9.17, 15) is 4.79 Å². The normalized spacial score (nSPS) is 11.1. The second-order valence-corrected chi connectivity index (χ2v) is 7.31. The molecule has 1 aromatic rings. The molecule has 5 heteroatoms. The standard InChI is InChI=1S/C18H28INO3/c1-13(2)15-12-16(23-18(21)7-6-8-19)14(3)11-17(15)22-10-9-20(4)5/h11-13H,6-10H2,1-5H3. The van der Waals surface area contributed by atoms with Gasteiger partial charge in [0.1, 0.15) is 18.1 Å². The third-order valence-corrected chi connectivity index (χ3v) is 4.23. The van der Waals surface area contributed by atoms with Gasteiger partial charge in [-0.3, -0.25) is 4.79 Å². The first kappa shape index (κ1) is 20.2. The van der Waals surface area contributed by atoms with Gasteiger partial charge in [-0.05, 0) is 51.1 Å². The first-order valence-corrected chi connectivity index (χ1v) is 9.56. The van der Waals surface area contributed by atoms with Gasteiger partial charge in [0.05, 0.1) is 0 Å². The number of rotatable bonds is 9. The van der Waals surface area contributed by atoms with Crippen molar-refractivity contribution in [3.8, 4) is 11.5 Å². The zero-order valence-corrected chi connectivity index (χ0v) is 17.0. The Bertz CT molecular complexity index is 515. The lowest BCUT2D eigenvalue weighted by molar-refractivity contribution is -0.134. The molecule has 0 heterocycles. The maximum absolute atomic E-state index is 11.9. The van der Waals surface area contributed by atoms with Crippen LogP contribution in [-0.2, 0) is 4.79 Å². The van der Waals surface area contributed by atoms with E-state index < -0.39 is 0 Å². The summed E-state index contributed by atoms with van der Waals surface area (Å²) in [6.45, 7) is 7.69. The van der Waals surface area contributed by atoms with Crippen LogP contribution in [0.5, 0.6) is 11.5 Å². The minimum atomic E-state index is -0.166. The van der Waals surface area contributed by atoms with E-state index in [1.54, 1.807) is 0 Å². The topological polar surface area (TPSA) is 38.8 Å². The minimum absolute atomic E-state index is 0.166. The average molecular weight is 433 g/mol. The van der Waals surface area contributed by atoms with Crippen molar-refractivity contribution >= 4 is 28.6 Å². The number of halogens is 1. The molecule has 0 aliphatic heterocycles. The molecule has 1 aromatic carbocycles. The highest BCUT2D eigenvalue weighted by atomic mass is 127. The molecular formula is C18H28INO3. The van der Waals surface area contributed by atoms with Gasteiger partial charge in [0.15, 0.2) is 0 Å². The van der Waals surface area contributed by atoms with Gasteiger partial charge in [0.25, 0.3) is 0 Å². The van der Waals surface area contributed by atoms with Crippen LogP contribution in [0.4, 0.5) is 0 Å². The van der Waals surface area contributed by atoms with Crippen LogP contribution >= 0.6 is 22.6 Å². The highest BCUT2D eigenvalue weighted by Crippen LogP contribution is 2.33. The fourth-order valence-corrected chi connectivity index (χ4v) is 2.47. The SMILES string of the molecule is Cc1cc(OCCN(C)C)c(C(C)C)cc1OC(=O)CCCI. The van der Waals surface area contributed by atoms with Crippen LogP contribution in [0.1, 0.15) is 43.7 Å². The van der Waals surface area contributed by atoms with Crippen molar-refractivity contribution < 1.29 is 14.3 Å². The number of hydrogen-bond acceptors (Lipinski definition) is 4. The van der Waals surface area contributed by atoms with E-state index in [0.717, 1.165) is 34.3 Å². The Morgan fingerprint density at radius 2 is 1.96 bits per heavy atom. The lowest BCUT2D eigenvalue weighted by Crippen LogP contribution is -2.20. The van der Waals surface area contributed by atoms with Gasteiger partial charge >= 0.3 is 5.97 Å². The lowest BCUT2D eigenvalue weighted by atomic mass is 10.00. The molecule has 0 amide bonds. The number of ether oxygens (including phenoxy) is 2. The summed E-state index contributed by atoms with van der Waals surface area (Å²) in [6, 6.07) is 3.93. The van der Waals surface area contributed by atoms with Gasteiger partial charge in [0, 0.05) is 23.0 Å². The van der Waals surface area contributed by atoms with Crippen molar-refractivity contribution in [3.63, 3.8) is 0 Å². The second-order valence-electron chi connectivity index (χ2n) is 6.23. The molecule has 0 aliphatic rings. The summed E-state index contributed by atoms with van der Waals surface area (Å²) in [4.78, 5) is 14.0. The Labute approximate surface area is 153 Å². The minimum Gasteiger partial charge on any atom is -0.492 e. The molecule has 0 fully saturated rings. The van der Waals surface area contributed by atoms with Crippen molar-refractivity contribution in [1.82, 2.24) is 4.90 Å². The molecule has 0 aromatic heterocycles. The molecule has 0 aliphatic carbocycles. The largest absolute Gasteiger partial charge is 0.492 e. The number of esters is 1. The van der Waals surface area contributed by atoms with Gasteiger partial charge in [-0.15, -0.1) is 0 Å². The van der Waals surface area contributed by atoms with Crippen LogP contribution in [0.15, 0.2) is 12.1 Å². The summed E-state index contributed by atoms with van der Waals surface area (Å²) in [7, 11) is 4.05. The van der Waals surface area contributed by atoms with Gasteiger partial charge in [0.2, 0.25) is 0 Å². The predicted octanol–water partition coefficient (Wildman–Crippen LogP) is 4.18. The molecule has 0 N–H and O–H groups in total. The first-order chi connectivity index (χ1) is 10.8. The quantitative estimate of drug-likeness (QED) is 0.254. The van der Waals surface area contributed by atoms with Crippen molar-refractivity contribution in [2.24, 2.45) is 0 Å².